The average Bonchev–Trinajstić information content (AvgIpc) is 2.68. The molecule has 1 aromatic rings. The number of nitrogens with one attached hydrogen (secondary N) is 1. The van der Waals surface area contributed by atoms with Crippen LogP contribution in [0.25, 0.3) is 0 Å². The van der Waals surface area contributed by atoms with E-state index in [9.17, 15) is 4.79 Å². The van der Waals surface area contributed by atoms with Gasteiger partial charge in [-0.05, 0) is 0 Å². The van der Waals surface area contributed by atoms with Gasteiger partial charge in [0, 0.05) is 18.1 Å². The predicted octanol–water partition coefficient (Wildman–Crippen LogP) is 0.145. The van der Waals surface area contributed by atoms with Crippen molar-refractivity contribution in [1.82, 2.24) is 15.5 Å². The third-order valence-corrected chi connectivity index (χ3v) is 2.91. The van der Waals surface area contributed by atoms with Crippen LogP contribution in [0.2, 0.25) is 0 Å². The monoisotopic (exact) mass is 215 g/mol. The number of carboxylic acids is 1. The summed E-state index contributed by atoms with van der Waals surface area (Å²) >= 11 is 1.78. The van der Waals surface area contributed by atoms with Crippen LogP contribution in [0.3, 0.4) is 0 Å². The third-order valence-electron chi connectivity index (χ3n) is 1.84. The molecule has 1 saturated heterocycles. The fraction of sp³-hybridized carbons (Fsp3) is 0.571. The predicted molar refractivity (Wildman–Crippen MR) is 49.3 cm³/mol. The molecule has 14 heavy (non-hydrogen) atoms. The lowest BCUT2D eigenvalue weighted by molar-refractivity contribution is 0.0650. The Bertz CT molecular complexity index is 335. The van der Waals surface area contributed by atoms with Gasteiger partial charge in [-0.15, -0.1) is 10.2 Å². The van der Waals surface area contributed by atoms with E-state index >= 15 is 0 Å². The summed E-state index contributed by atoms with van der Waals surface area (Å²) in [6.07, 6.45) is 0. The van der Waals surface area contributed by atoms with Gasteiger partial charge in [0.05, 0.1) is 6.04 Å². The molecule has 0 aliphatic carbocycles. The summed E-state index contributed by atoms with van der Waals surface area (Å²) in [5.74, 6) is 0.705. The average molecular weight is 215 g/mol. The molecule has 1 fully saturated rings. The number of hydrogen-bond acceptors (Lipinski definition) is 6. The zero-order valence-electron chi connectivity index (χ0n) is 7.27. The highest BCUT2D eigenvalue weighted by molar-refractivity contribution is 7.99. The van der Waals surface area contributed by atoms with Crippen LogP contribution in [0.4, 0.5) is 0 Å². The second-order valence-corrected chi connectivity index (χ2v) is 3.98. The van der Waals surface area contributed by atoms with E-state index in [0.29, 0.717) is 5.89 Å². The van der Waals surface area contributed by atoms with Crippen LogP contribution >= 0.6 is 11.8 Å². The number of aromatic carboxylic acids is 1. The molecule has 0 radical (unpaired) electrons. The van der Waals surface area contributed by atoms with Crippen LogP contribution in [0.15, 0.2) is 4.42 Å². The lowest BCUT2D eigenvalue weighted by atomic mass is 10.3. The van der Waals surface area contributed by atoms with Crippen molar-refractivity contribution in [3.63, 3.8) is 0 Å². The van der Waals surface area contributed by atoms with Gasteiger partial charge < -0.3 is 14.8 Å². The maximum Gasteiger partial charge on any atom is 0.393 e. The molecule has 1 unspecified atom stereocenters. The Labute approximate surface area is 84.1 Å². The largest absolute Gasteiger partial charge is 0.474 e. The van der Waals surface area contributed by atoms with E-state index in [0.717, 1.165) is 18.1 Å². The van der Waals surface area contributed by atoms with E-state index in [1.54, 1.807) is 11.8 Å². The summed E-state index contributed by atoms with van der Waals surface area (Å²) < 4.78 is 4.99. The smallest absolute Gasteiger partial charge is 0.393 e. The van der Waals surface area contributed by atoms with E-state index in [4.69, 9.17) is 9.52 Å². The van der Waals surface area contributed by atoms with Gasteiger partial charge in [0.15, 0.2) is 0 Å². The maximum absolute atomic E-state index is 10.5. The molecular formula is C7H9N3O3S. The number of rotatable bonds is 2. The molecule has 0 bridgehead atoms. The molecule has 1 aliphatic rings. The Morgan fingerprint density at radius 2 is 2.50 bits per heavy atom. The van der Waals surface area contributed by atoms with Gasteiger partial charge in [0.2, 0.25) is 5.89 Å². The van der Waals surface area contributed by atoms with Crippen LogP contribution < -0.4 is 5.32 Å². The van der Waals surface area contributed by atoms with E-state index in [1.165, 1.54) is 0 Å². The minimum absolute atomic E-state index is 0.0191. The zero-order chi connectivity index (χ0) is 9.97. The van der Waals surface area contributed by atoms with Crippen molar-refractivity contribution in [3.05, 3.63) is 11.8 Å². The highest BCUT2D eigenvalue weighted by Gasteiger charge is 2.22. The van der Waals surface area contributed by atoms with Crippen molar-refractivity contribution >= 4 is 17.7 Å². The summed E-state index contributed by atoms with van der Waals surface area (Å²) in [7, 11) is 0. The van der Waals surface area contributed by atoms with E-state index < -0.39 is 5.97 Å². The lowest BCUT2D eigenvalue weighted by Crippen LogP contribution is -2.30. The first kappa shape index (κ1) is 9.47. The van der Waals surface area contributed by atoms with Crippen LogP contribution in [0.1, 0.15) is 22.6 Å². The Balaban J connectivity index is 2.11. The number of hydrogen-bond donors (Lipinski definition) is 2. The molecule has 2 heterocycles. The molecule has 76 valence electrons. The second kappa shape index (κ2) is 3.97. The Morgan fingerprint density at radius 3 is 3.07 bits per heavy atom. The quantitative estimate of drug-likeness (QED) is 0.725. The molecule has 2 N–H and O–H groups in total. The summed E-state index contributed by atoms with van der Waals surface area (Å²) in [4.78, 5) is 10.5. The molecule has 1 atom stereocenters. The highest BCUT2D eigenvalue weighted by atomic mass is 32.2. The van der Waals surface area contributed by atoms with Crippen LogP contribution in [-0.2, 0) is 0 Å². The maximum atomic E-state index is 10.5. The first-order chi connectivity index (χ1) is 6.77. The van der Waals surface area contributed by atoms with Crippen molar-refractivity contribution in [1.29, 1.82) is 0 Å². The van der Waals surface area contributed by atoms with Gasteiger partial charge in [-0.25, -0.2) is 4.79 Å². The molecule has 0 amide bonds. The van der Waals surface area contributed by atoms with Gasteiger partial charge in [0.1, 0.15) is 0 Å². The SMILES string of the molecule is O=C(O)c1nnc(C2CSCCN2)o1. The van der Waals surface area contributed by atoms with Gasteiger partial charge >= 0.3 is 11.9 Å². The normalized spacial score (nSPS) is 22.1. The van der Waals surface area contributed by atoms with Crippen LogP contribution in [-0.4, -0.2) is 39.3 Å². The molecule has 6 nitrogen and oxygen atoms in total. The Morgan fingerprint density at radius 1 is 1.64 bits per heavy atom. The summed E-state index contributed by atoms with van der Waals surface area (Å²) in [5, 5.41) is 18.9. The molecule has 1 aliphatic heterocycles. The second-order valence-electron chi connectivity index (χ2n) is 2.83. The van der Waals surface area contributed by atoms with Crippen molar-refractivity contribution in [3.8, 4) is 0 Å². The van der Waals surface area contributed by atoms with Gasteiger partial charge in [0.25, 0.3) is 0 Å². The number of carboxylic acid groups (broad SMARTS) is 1. The molecule has 1 aromatic heterocycles. The molecule has 0 spiro atoms. The molecular weight excluding hydrogens is 206 g/mol. The Kier molecular flexibility index (Phi) is 2.69. The molecule has 2 rings (SSSR count). The summed E-state index contributed by atoms with van der Waals surface area (Å²) in [6.45, 7) is 0.875. The van der Waals surface area contributed by atoms with Crippen molar-refractivity contribution < 1.29 is 14.3 Å². The number of nitrogens with zero attached hydrogens (tertiary/aromatic N) is 2. The molecule has 0 aromatic carbocycles. The molecule has 7 heteroatoms. The van der Waals surface area contributed by atoms with Gasteiger partial charge in [-0.3, -0.25) is 0 Å². The van der Waals surface area contributed by atoms with Crippen LogP contribution in [0, 0.1) is 0 Å². The summed E-state index contributed by atoms with van der Waals surface area (Å²) in [6, 6.07) is -0.0191. The van der Waals surface area contributed by atoms with Gasteiger partial charge in [-0.1, -0.05) is 0 Å². The first-order valence-corrected chi connectivity index (χ1v) is 5.30. The summed E-state index contributed by atoms with van der Waals surface area (Å²) in [5.41, 5.74) is 0. The van der Waals surface area contributed by atoms with Gasteiger partial charge in [-0.2, -0.15) is 11.8 Å². The Hall–Kier alpha value is -1.08. The number of thioether (sulfide) groups is 1. The standard InChI is InChI=1S/C7H9N3O3S/c11-7(12)6-10-9-5(13-6)4-3-14-2-1-8-4/h4,8H,1-3H2,(H,11,12). The molecule has 0 saturated carbocycles. The number of aromatic nitrogens is 2. The fourth-order valence-corrected chi connectivity index (χ4v) is 2.11. The fourth-order valence-electron chi connectivity index (χ4n) is 1.19. The first-order valence-electron chi connectivity index (χ1n) is 4.15. The minimum atomic E-state index is -1.19. The van der Waals surface area contributed by atoms with E-state index in [-0.39, 0.29) is 11.9 Å². The van der Waals surface area contributed by atoms with Crippen molar-refractivity contribution in [2.45, 2.75) is 6.04 Å². The van der Waals surface area contributed by atoms with E-state index in [1.807, 2.05) is 0 Å². The topological polar surface area (TPSA) is 88.2 Å². The third kappa shape index (κ3) is 1.88. The lowest BCUT2D eigenvalue weighted by Gasteiger charge is -2.19. The van der Waals surface area contributed by atoms with E-state index in [2.05, 4.69) is 15.5 Å². The minimum Gasteiger partial charge on any atom is -0.474 e. The zero-order valence-corrected chi connectivity index (χ0v) is 8.08. The van der Waals surface area contributed by atoms with Crippen molar-refractivity contribution in [2.24, 2.45) is 0 Å². The highest BCUT2D eigenvalue weighted by Crippen LogP contribution is 2.20. The number of carbonyl (C=O) groups is 1. The van der Waals surface area contributed by atoms with Crippen molar-refractivity contribution in [2.75, 3.05) is 18.1 Å². The van der Waals surface area contributed by atoms with Crippen LogP contribution in [0.5, 0.6) is 0 Å².